The summed E-state index contributed by atoms with van der Waals surface area (Å²) in [5.41, 5.74) is 2.58. The molecule has 1 aliphatic carbocycles. The van der Waals surface area contributed by atoms with E-state index in [1.165, 1.54) is 16.7 Å². The van der Waals surface area contributed by atoms with Gasteiger partial charge in [-0.15, -0.1) is 0 Å². The monoisotopic (exact) mass is 568 g/mol. The smallest absolute Gasteiger partial charge is 0.274 e. The van der Waals surface area contributed by atoms with Crippen LogP contribution in [0.5, 0.6) is 5.75 Å². The molecule has 2 atom stereocenters. The average molecular weight is 569 g/mol. The number of nitrogens with one attached hydrogen (secondary N) is 2. The number of nitrogens with zero attached hydrogens (tertiary/aromatic N) is 2. The van der Waals surface area contributed by atoms with Gasteiger partial charge >= 0.3 is 0 Å². The summed E-state index contributed by atoms with van der Waals surface area (Å²) in [6.07, 6.45) is 4.82. The van der Waals surface area contributed by atoms with Crippen molar-refractivity contribution in [2.45, 2.75) is 63.8 Å². The lowest BCUT2D eigenvalue weighted by molar-refractivity contribution is -0.0399. The van der Waals surface area contributed by atoms with E-state index < -0.39 is 11.8 Å². The number of halogens is 3. The van der Waals surface area contributed by atoms with Crippen molar-refractivity contribution >= 4 is 22.4 Å². The molecular weight excluding hydrogens is 537 g/mol. The van der Waals surface area contributed by atoms with Gasteiger partial charge in [-0.3, -0.25) is 9.59 Å². The molecule has 2 N–H and O–H groups in total. The molecule has 2 aromatic heterocycles. The van der Waals surface area contributed by atoms with E-state index in [1.54, 1.807) is 33.2 Å². The summed E-state index contributed by atoms with van der Waals surface area (Å²) >= 11 is 0. The molecule has 1 saturated heterocycles. The Morgan fingerprint density at radius 3 is 2.51 bits per heavy atom. The van der Waals surface area contributed by atoms with Gasteiger partial charge < -0.3 is 29.2 Å². The van der Waals surface area contributed by atoms with E-state index in [9.17, 15) is 22.8 Å². The van der Waals surface area contributed by atoms with Crippen molar-refractivity contribution in [3.05, 3.63) is 81.0 Å². The molecule has 0 spiro atoms. The van der Waals surface area contributed by atoms with Crippen LogP contribution < -0.4 is 15.6 Å². The fourth-order valence-electron chi connectivity index (χ4n) is 5.73. The van der Waals surface area contributed by atoms with Crippen LogP contribution in [-0.4, -0.2) is 51.7 Å². The number of benzene rings is 1. The zero-order valence-corrected chi connectivity index (χ0v) is 23.2. The van der Waals surface area contributed by atoms with Gasteiger partial charge in [0, 0.05) is 61.9 Å². The standard InChI is InChI=1S/C30H31F3N4O4/c1-15-9-17(31)10-16(2)26(15)40-24-14-37(4)29-23(41-29)12-19(24)21-13-36(3)28(39)25-20(21)11-22(35-25)27(38)34-18-5-7-30(32,33)8-6-18/h9-14,18,23,29,35H,5-8H2,1-4H3,(H,34,38). The second-order valence-electron chi connectivity index (χ2n) is 11.2. The molecule has 1 amide bonds. The van der Waals surface area contributed by atoms with Crippen LogP contribution in [0.4, 0.5) is 13.2 Å². The molecule has 1 saturated carbocycles. The maximum absolute atomic E-state index is 14.0. The molecule has 41 heavy (non-hydrogen) atoms. The number of ether oxygens (including phenoxy) is 2. The minimum absolute atomic E-state index is 0.158. The Morgan fingerprint density at radius 2 is 1.83 bits per heavy atom. The number of epoxide rings is 1. The number of aromatic amines is 1. The van der Waals surface area contributed by atoms with Crippen molar-refractivity contribution in [1.29, 1.82) is 0 Å². The Hall–Kier alpha value is -3.99. The molecule has 2 aliphatic heterocycles. The molecule has 216 valence electrons. The third-order valence-corrected chi connectivity index (χ3v) is 8.01. The number of fused-ring (bicyclic) bond motifs is 2. The summed E-state index contributed by atoms with van der Waals surface area (Å²) in [6.45, 7) is 3.54. The Labute approximate surface area is 234 Å². The summed E-state index contributed by atoms with van der Waals surface area (Å²) in [4.78, 5) is 31.1. The predicted molar refractivity (Wildman–Crippen MR) is 147 cm³/mol. The first-order chi connectivity index (χ1) is 19.4. The van der Waals surface area contributed by atoms with E-state index in [1.807, 2.05) is 24.2 Å². The topological polar surface area (TPSA) is 91.9 Å². The largest absolute Gasteiger partial charge is 0.455 e. The normalized spacial score (nSPS) is 22.1. The number of H-pyrrole nitrogens is 1. The van der Waals surface area contributed by atoms with E-state index in [4.69, 9.17) is 9.47 Å². The number of pyridine rings is 1. The first-order valence-electron chi connectivity index (χ1n) is 13.6. The quantitative estimate of drug-likeness (QED) is 0.427. The molecule has 8 nitrogen and oxygen atoms in total. The number of hydrogen-bond donors (Lipinski definition) is 2. The Kier molecular flexibility index (Phi) is 6.52. The van der Waals surface area contributed by atoms with Crippen LogP contribution in [-0.2, 0) is 11.8 Å². The highest BCUT2D eigenvalue weighted by Gasteiger charge is 2.43. The number of amides is 1. The highest BCUT2D eigenvalue weighted by atomic mass is 19.3. The zero-order valence-electron chi connectivity index (χ0n) is 23.2. The number of aromatic nitrogens is 2. The molecule has 4 heterocycles. The molecule has 6 rings (SSSR count). The number of likely N-dealkylation sites (N-methyl/N-ethyl adjacent to an activating group) is 1. The number of carbonyl (C=O) groups excluding carboxylic acids is 1. The third-order valence-electron chi connectivity index (χ3n) is 8.01. The van der Waals surface area contributed by atoms with Crippen LogP contribution in [0.2, 0.25) is 0 Å². The van der Waals surface area contributed by atoms with Crippen molar-refractivity contribution in [2.75, 3.05) is 7.05 Å². The number of allylic oxidation sites excluding steroid dienone is 1. The summed E-state index contributed by atoms with van der Waals surface area (Å²) in [5.74, 6) is -2.54. The van der Waals surface area contributed by atoms with E-state index in [0.29, 0.717) is 39.2 Å². The lowest BCUT2D eigenvalue weighted by Gasteiger charge is -2.28. The third kappa shape index (κ3) is 5.14. The Balaban J connectivity index is 1.40. The summed E-state index contributed by atoms with van der Waals surface area (Å²) in [5, 5.41) is 3.34. The second kappa shape index (κ2) is 9.83. The highest BCUT2D eigenvalue weighted by molar-refractivity contribution is 6.02. The Bertz CT molecular complexity index is 1660. The highest BCUT2D eigenvalue weighted by Crippen LogP contribution is 2.40. The minimum Gasteiger partial charge on any atom is -0.455 e. The maximum Gasteiger partial charge on any atom is 0.274 e. The predicted octanol–water partition coefficient (Wildman–Crippen LogP) is 4.90. The lowest BCUT2D eigenvalue weighted by atomic mass is 9.92. The average Bonchev–Trinajstić information content (AvgIpc) is 3.56. The van der Waals surface area contributed by atoms with Crippen LogP contribution in [0.25, 0.3) is 16.5 Å². The van der Waals surface area contributed by atoms with Gasteiger partial charge in [0.05, 0.1) is 0 Å². The zero-order chi connectivity index (χ0) is 29.2. The van der Waals surface area contributed by atoms with Crippen molar-refractivity contribution in [3.8, 4) is 5.75 Å². The van der Waals surface area contributed by atoms with Gasteiger partial charge in [-0.2, -0.15) is 0 Å². The van der Waals surface area contributed by atoms with Crippen LogP contribution in [0.3, 0.4) is 0 Å². The van der Waals surface area contributed by atoms with Gasteiger partial charge in [-0.1, -0.05) is 0 Å². The summed E-state index contributed by atoms with van der Waals surface area (Å²) in [7, 11) is 3.48. The van der Waals surface area contributed by atoms with Gasteiger partial charge in [-0.05, 0) is 62.1 Å². The van der Waals surface area contributed by atoms with E-state index in [-0.39, 0.29) is 66.6 Å². The van der Waals surface area contributed by atoms with Crippen molar-refractivity contribution in [3.63, 3.8) is 0 Å². The molecule has 2 fully saturated rings. The molecule has 2 unspecified atom stereocenters. The van der Waals surface area contributed by atoms with E-state index >= 15 is 0 Å². The number of aryl methyl sites for hydroxylation is 3. The molecular formula is C30H31F3N4O4. The van der Waals surface area contributed by atoms with Crippen LogP contribution in [0.15, 0.2) is 47.2 Å². The first kappa shape index (κ1) is 27.2. The molecule has 3 aliphatic rings. The number of alkyl halides is 2. The Morgan fingerprint density at radius 1 is 1.15 bits per heavy atom. The lowest BCUT2D eigenvalue weighted by Crippen LogP contribution is -2.40. The van der Waals surface area contributed by atoms with Gasteiger partial charge in [-0.25, -0.2) is 13.2 Å². The molecule has 0 radical (unpaired) electrons. The van der Waals surface area contributed by atoms with Crippen LogP contribution in [0.1, 0.15) is 52.9 Å². The van der Waals surface area contributed by atoms with Gasteiger partial charge in [0.25, 0.3) is 11.5 Å². The summed E-state index contributed by atoms with van der Waals surface area (Å²) in [6, 6.07) is 4.04. The first-order valence-corrected chi connectivity index (χ1v) is 13.6. The van der Waals surface area contributed by atoms with Gasteiger partial charge in [0.1, 0.15) is 28.9 Å². The van der Waals surface area contributed by atoms with Gasteiger partial charge in [0.2, 0.25) is 5.92 Å². The molecule has 3 aromatic rings. The second-order valence-corrected chi connectivity index (χ2v) is 11.2. The van der Waals surface area contributed by atoms with Crippen LogP contribution >= 0.6 is 0 Å². The number of rotatable bonds is 5. The number of carbonyl (C=O) groups is 1. The molecule has 11 heteroatoms. The van der Waals surface area contributed by atoms with Crippen molar-refractivity contribution in [1.82, 2.24) is 19.8 Å². The summed E-state index contributed by atoms with van der Waals surface area (Å²) < 4.78 is 54.9. The SMILES string of the molecule is Cc1cc(F)cc(C)c1OC1=CN(C)C2OC2C=C1c1cn(C)c(=O)c2[nH]c(C(=O)NC3CCC(F)(F)CC3)cc12. The van der Waals surface area contributed by atoms with Crippen molar-refractivity contribution < 1.29 is 27.4 Å². The minimum atomic E-state index is -2.70. The fraction of sp³-hybridized carbons (Fsp3) is 0.400. The van der Waals surface area contributed by atoms with Gasteiger partial charge in [0.15, 0.2) is 12.0 Å². The molecule has 0 bridgehead atoms. The number of hydrogen-bond acceptors (Lipinski definition) is 5. The van der Waals surface area contributed by atoms with E-state index in [2.05, 4.69) is 10.3 Å². The maximum atomic E-state index is 14.0. The fourth-order valence-corrected chi connectivity index (χ4v) is 5.73. The van der Waals surface area contributed by atoms with Crippen LogP contribution in [0, 0.1) is 19.7 Å². The van der Waals surface area contributed by atoms with Crippen molar-refractivity contribution in [2.24, 2.45) is 7.05 Å². The molecule has 1 aromatic carbocycles. The van der Waals surface area contributed by atoms with E-state index in [0.717, 1.165) is 0 Å².